The Morgan fingerprint density at radius 3 is 2.10 bits per heavy atom. The fraction of sp³-hybridized carbons (Fsp3) is 0.500. The Bertz CT molecular complexity index is 498. The predicted octanol–water partition coefficient (Wildman–Crippen LogP) is 1.14. The van der Waals surface area contributed by atoms with Crippen molar-refractivity contribution >= 4 is 22.4 Å². The number of hydrogen-bond acceptors (Lipinski definition) is 5. The van der Waals surface area contributed by atoms with Gasteiger partial charge in [-0.05, 0) is 13.3 Å². The molecular weight excluding hydrogens is 304 g/mol. The number of hydrogen-bond donors (Lipinski definition) is 2. The molecule has 1 aromatic rings. The first-order valence-corrected chi connectivity index (χ1v) is 7.35. The van der Waals surface area contributed by atoms with Crippen LogP contribution in [0.15, 0.2) is 23.1 Å². The Morgan fingerprint density at radius 2 is 1.70 bits per heavy atom. The van der Waals surface area contributed by atoms with Crippen molar-refractivity contribution in [3.63, 3.8) is 0 Å². The number of nitrogens with two attached hydrogens (primary N) is 1. The van der Waals surface area contributed by atoms with Gasteiger partial charge in [-0.3, -0.25) is 0 Å². The quantitative estimate of drug-likeness (QED) is 0.785. The molecule has 116 valence electrons. The highest BCUT2D eigenvalue weighted by molar-refractivity contribution is 7.89. The van der Waals surface area contributed by atoms with E-state index in [4.69, 9.17) is 15.2 Å². The monoisotopic (exact) mass is 324 g/mol. The summed E-state index contributed by atoms with van der Waals surface area (Å²) < 4.78 is 36.8. The molecule has 0 fully saturated rings. The molecule has 0 spiro atoms. The minimum Gasteiger partial charge on any atom is -0.497 e. The van der Waals surface area contributed by atoms with Gasteiger partial charge in [0.05, 0.1) is 19.1 Å². The highest BCUT2D eigenvalue weighted by Crippen LogP contribution is 2.25. The third kappa shape index (κ3) is 5.54. The number of rotatable bonds is 7. The maximum atomic E-state index is 12.1. The minimum absolute atomic E-state index is 0. The highest BCUT2D eigenvalue weighted by atomic mass is 35.5. The van der Waals surface area contributed by atoms with Crippen molar-refractivity contribution in [1.29, 1.82) is 0 Å². The first-order valence-electron chi connectivity index (χ1n) is 5.87. The molecule has 6 nitrogen and oxygen atoms in total. The van der Waals surface area contributed by atoms with Gasteiger partial charge in [-0.25, -0.2) is 13.1 Å². The van der Waals surface area contributed by atoms with Crippen LogP contribution in [0.5, 0.6) is 11.5 Å². The van der Waals surface area contributed by atoms with Crippen molar-refractivity contribution < 1.29 is 17.9 Å². The average molecular weight is 325 g/mol. The molecule has 1 atom stereocenters. The lowest BCUT2D eigenvalue weighted by atomic mass is 10.3. The molecule has 20 heavy (non-hydrogen) atoms. The lowest BCUT2D eigenvalue weighted by Crippen LogP contribution is -2.29. The molecule has 0 radical (unpaired) electrons. The summed E-state index contributed by atoms with van der Waals surface area (Å²) in [5.74, 6) is 0.846. The molecule has 8 heteroatoms. The fourth-order valence-corrected chi connectivity index (χ4v) is 2.54. The van der Waals surface area contributed by atoms with Crippen LogP contribution in [0.25, 0.3) is 0 Å². The molecule has 0 aromatic heterocycles. The number of benzene rings is 1. The predicted molar refractivity (Wildman–Crippen MR) is 80.2 cm³/mol. The van der Waals surface area contributed by atoms with Crippen LogP contribution >= 0.6 is 12.4 Å². The van der Waals surface area contributed by atoms with E-state index in [0.29, 0.717) is 24.5 Å². The lowest BCUT2D eigenvalue weighted by Gasteiger charge is -2.11. The molecule has 0 aliphatic carbocycles. The topological polar surface area (TPSA) is 90.6 Å². The molecule has 0 saturated carbocycles. The normalized spacial score (nSPS) is 12.4. The molecule has 3 N–H and O–H groups in total. The molecule has 0 amide bonds. The molecule has 0 saturated heterocycles. The SMILES string of the molecule is COc1cc(OC)cc(S(=O)(=O)NCCC(C)N)c1.Cl. The van der Waals surface area contributed by atoms with Crippen LogP contribution in [0.4, 0.5) is 0 Å². The molecule has 1 unspecified atom stereocenters. The van der Waals surface area contributed by atoms with E-state index in [2.05, 4.69) is 4.72 Å². The molecule has 0 aliphatic rings. The summed E-state index contributed by atoms with van der Waals surface area (Å²) in [5.41, 5.74) is 5.58. The van der Waals surface area contributed by atoms with E-state index in [-0.39, 0.29) is 23.3 Å². The van der Waals surface area contributed by atoms with Gasteiger partial charge >= 0.3 is 0 Å². The maximum absolute atomic E-state index is 12.1. The highest BCUT2D eigenvalue weighted by Gasteiger charge is 2.16. The summed E-state index contributed by atoms with van der Waals surface area (Å²) in [7, 11) is -0.653. The van der Waals surface area contributed by atoms with Crippen LogP contribution in [0.2, 0.25) is 0 Å². The Hall–Kier alpha value is -1.02. The Balaban J connectivity index is 0.00000361. The zero-order valence-corrected chi connectivity index (χ0v) is 13.4. The van der Waals surface area contributed by atoms with Gasteiger partial charge in [-0.1, -0.05) is 0 Å². The second-order valence-electron chi connectivity index (χ2n) is 4.21. The van der Waals surface area contributed by atoms with Crippen molar-refractivity contribution in [2.75, 3.05) is 20.8 Å². The van der Waals surface area contributed by atoms with Crippen LogP contribution in [-0.4, -0.2) is 35.2 Å². The smallest absolute Gasteiger partial charge is 0.240 e. The van der Waals surface area contributed by atoms with Crippen molar-refractivity contribution in [2.45, 2.75) is 24.3 Å². The van der Waals surface area contributed by atoms with Crippen molar-refractivity contribution in [3.8, 4) is 11.5 Å². The largest absolute Gasteiger partial charge is 0.497 e. The summed E-state index contributed by atoms with van der Waals surface area (Å²) in [6, 6.07) is 4.44. The van der Waals surface area contributed by atoms with Crippen LogP contribution in [0.3, 0.4) is 0 Å². The van der Waals surface area contributed by atoms with Gasteiger partial charge < -0.3 is 15.2 Å². The maximum Gasteiger partial charge on any atom is 0.240 e. The number of nitrogens with one attached hydrogen (secondary N) is 1. The van der Waals surface area contributed by atoms with Gasteiger partial charge in [0.1, 0.15) is 11.5 Å². The number of halogens is 1. The molecule has 0 heterocycles. The van der Waals surface area contributed by atoms with Crippen molar-refractivity contribution in [1.82, 2.24) is 4.72 Å². The third-order valence-corrected chi connectivity index (χ3v) is 3.97. The van der Waals surface area contributed by atoms with Gasteiger partial charge in [0.2, 0.25) is 10.0 Å². The van der Waals surface area contributed by atoms with E-state index < -0.39 is 10.0 Å². The molecule has 1 aromatic carbocycles. The van der Waals surface area contributed by atoms with E-state index >= 15 is 0 Å². The summed E-state index contributed by atoms with van der Waals surface area (Å²) in [4.78, 5) is 0.105. The summed E-state index contributed by atoms with van der Waals surface area (Å²) >= 11 is 0. The number of sulfonamides is 1. The van der Waals surface area contributed by atoms with Crippen LogP contribution in [0.1, 0.15) is 13.3 Å². The number of ether oxygens (including phenoxy) is 2. The van der Waals surface area contributed by atoms with E-state index in [9.17, 15) is 8.42 Å². The standard InChI is InChI=1S/C12H20N2O4S.ClH/c1-9(13)4-5-14-19(15,16)12-7-10(17-2)6-11(8-12)18-3;/h6-9,14H,4-5,13H2,1-3H3;1H. The van der Waals surface area contributed by atoms with Crippen LogP contribution in [0, 0.1) is 0 Å². The van der Waals surface area contributed by atoms with Gasteiger partial charge in [0, 0.05) is 30.8 Å². The van der Waals surface area contributed by atoms with Crippen molar-refractivity contribution in [3.05, 3.63) is 18.2 Å². The summed E-state index contributed by atoms with van der Waals surface area (Å²) in [6.07, 6.45) is 0.570. The van der Waals surface area contributed by atoms with E-state index in [1.807, 2.05) is 6.92 Å². The first-order chi connectivity index (χ1) is 8.89. The van der Waals surface area contributed by atoms with E-state index in [1.165, 1.54) is 26.4 Å². The Morgan fingerprint density at radius 1 is 1.20 bits per heavy atom. The molecule has 0 aliphatic heterocycles. The van der Waals surface area contributed by atoms with Crippen LogP contribution < -0.4 is 19.9 Å². The van der Waals surface area contributed by atoms with Gasteiger partial charge in [-0.15, -0.1) is 12.4 Å². The van der Waals surface area contributed by atoms with Gasteiger partial charge in [-0.2, -0.15) is 0 Å². The van der Waals surface area contributed by atoms with Gasteiger partial charge in [0.15, 0.2) is 0 Å². The molecule has 1 rings (SSSR count). The second-order valence-corrected chi connectivity index (χ2v) is 5.98. The molecular formula is C12H21ClN2O4S. The zero-order valence-electron chi connectivity index (χ0n) is 11.8. The molecule has 0 bridgehead atoms. The first kappa shape index (κ1) is 19.0. The third-order valence-electron chi connectivity index (χ3n) is 2.53. The summed E-state index contributed by atoms with van der Waals surface area (Å²) in [6.45, 7) is 2.11. The average Bonchev–Trinajstić information content (AvgIpc) is 2.37. The van der Waals surface area contributed by atoms with Crippen molar-refractivity contribution in [2.24, 2.45) is 5.73 Å². The van der Waals surface area contributed by atoms with E-state index in [1.54, 1.807) is 6.07 Å². The number of methoxy groups -OCH3 is 2. The second kappa shape index (κ2) is 8.31. The summed E-state index contributed by atoms with van der Waals surface area (Å²) in [5, 5.41) is 0. The van der Waals surface area contributed by atoms with E-state index in [0.717, 1.165) is 0 Å². The Labute approximate surface area is 126 Å². The fourth-order valence-electron chi connectivity index (χ4n) is 1.44. The zero-order chi connectivity index (χ0) is 14.5. The lowest BCUT2D eigenvalue weighted by molar-refractivity contribution is 0.392. The minimum atomic E-state index is -3.59. The van der Waals surface area contributed by atoms with Gasteiger partial charge in [0.25, 0.3) is 0 Å². The Kier molecular flexibility index (Phi) is 7.88. The van der Waals surface area contributed by atoms with Crippen LogP contribution in [-0.2, 0) is 10.0 Å².